The number of hydrogen-bond acceptors (Lipinski definition) is 2. The zero-order valence-electron chi connectivity index (χ0n) is 16.2. The van der Waals surface area contributed by atoms with Crippen LogP contribution in [-0.2, 0) is 9.59 Å². The molecule has 4 aliphatic carbocycles. The van der Waals surface area contributed by atoms with Crippen molar-refractivity contribution < 1.29 is 9.59 Å². The van der Waals surface area contributed by atoms with Gasteiger partial charge in [-0.1, -0.05) is 61.6 Å². The molecular weight excluding hydrogens is 527 g/mol. The maximum atomic E-state index is 12.8. The average Bonchev–Trinajstić information content (AvgIpc) is 2.29. The first-order valence-corrected chi connectivity index (χ1v) is 11.6. The molecule has 0 saturated heterocycles. The molecule has 0 heterocycles. The Hall–Kier alpha value is 0.445. The lowest BCUT2D eigenvalue weighted by atomic mass is 9.40. The van der Waals surface area contributed by atoms with Crippen molar-refractivity contribution in [3.8, 4) is 0 Å². The number of hydrogen-bond donors (Lipinski definition) is 2. The summed E-state index contributed by atoms with van der Waals surface area (Å²) in [6.07, 6.45) is 5.90. The fourth-order valence-corrected chi connectivity index (χ4v) is 7.00. The fourth-order valence-electron chi connectivity index (χ4n) is 6.70. The molecule has 2 N–H and O–H groups in total. The molecule has 4 saturated carbocycles. The van der Waals surface area contributed by atoms with Crippen molar-refractivity contribution in [3.63, 3.8) is 0 Å². The van der Waals surface area contributed by atoms with Crippen molar-refractivity contribution in [2.75, 3.05) is 0 Å². The third kappa shape index (κ3) is 3.93. The minimum absolute atomic E-state index is 0.0268. The molecule has 4 rings (SSSR count). The van der Waals surface area contributed by atoms with Crippen molar-refractivity contribution in [2.45, 2.75) is 84.8 Å². The molecule has 0 spiro atoms. The van der Waals surface area contributed by atoms with Gasteiger partial charge in [-0.15, -0.1) is 0 Å². The number of carbonyl (C=O) groups excluding carboxylic acids is 2. The number of halogens is 3. The summed E-state index contributed by atoms with van der Waals surface area (Å²) in [4.78, 5) is 25.5. The molecule has 3 atom stereocenters. The first kappa shape index (κ1) is 21.2. The van der Waals surface area contributed by atoms with Gasteiger partial charge in [-0.2, -0.15) is 0 Å². The van der Waals surface area contributed by atoms with Crippen LogP contribution in [0.25, 0.3) is 0 Å². The smallest absolute Gasteiger partial charge is 0.247 e. The third-order valence-electron chi connectivity index (χ3n) is 6.29. The highest BCUT2D eigenvalue weighted by atomic mass is 79.9. The van der Waals surface area contributed by atoms with Gasteiger partial charge in [0.2, 0.25) is 11.8 Å². The van der Waals surface area contributed by atoms with E-state index in [2.05, 4.69) is 72.3 Å². The van der Waals surface area contributed by atoms with E-state index in [1.807, 2.05) is 14.8 Å². The molecule has 0 aromatic heterocycles. The molecule has 3 unspecified atom stereocenters. The van der Waals surface area contributed by atoms with Crippen LogP contribution in [-0.4, -0.2) is 38.2 Å². The number of carbonyl (C=O) groups is 2. The van der Waals surface area contributed by atoms with Gasteiger partial charge in [-0.3, -0.25) is 9.59 Å². The Morgan fingerprint density at radius 2 is 1.19 bits per heavy atom. The van der Waals surface area contributed by atoms with Crippen LogP contribution in [0.5, 0.6) is 0 Å². The maximum absolute atomic E-state index is 12.8. The first-order chi connectivity index (χ1) is 11.5. The Kier molecular flexibility index (Phi) is 4.86. The molecule has 0 aromatic carbocycles. The zero-order chi connectivity index (χ0) is 19.8. The Balaban J connectivity index is 1.95. The Morgan fingerprint density at radius 1 is 0.808 bits per heavy atom. The molecule has 146 valence electrons. The molecule has 4 nitrogen and oxygen atoms in total. The summed E-state index contributed by atoms with van der Waals surface area (Å²) in [5, 5.41) is 6.75. The van der Waals surface area contributed by atoms with Gasteiger partial charge in [-0.25, -0.2) is 0 Å². The van der Waals surface area contributed by atoms with Crippen molar-refractivity contribution in [1.82, 2.24) is 10.6 Å². The van der Waals surface area contributed by atoms with E-state index in [0.29, 0.717) is 0 Å². The highest BCUT2D eigenvalue weighted by molar-refractivity contribution is 9.25. The van der Waals surface area contributed by atoms with E-state index in [1.54, 1.807) is 6.92 Å². The maximum Gasteiger partial charge on any atom is 0.247 e. The monoisotopic (exact) mass is 552 g/mol. The molecule has 2 amide bonds. The van der Waals surface area contributed by atoms with Crippen molar-refractivity contribution >= 4 is 67.5 Å². The highest BCUT2D eigenvalue weighted by Gasteiger charge is 2.66. The van der Waals surface area contributed by atoms with E-state index in [9.17, 15) is 9.59 Å². The summed E-state index contributed by atoms with van der Waals surface area (Å²) in [5.41, 5.74) is -0.240. The number of amides is 2. The number of rotatable bonds is 4. The summed E-state index contributed by atoms with van der Waals surface area (Å²) >= 11 is 10.3. The Morgan fingerprint density at radius 3 is 1.54 bits per heavy atom. The van der Waals surface area contributed by atoms with Crippen LogP contribution in [0.1, 0.15) is 66.2 Å². The summed E-state index contributed by atoms with van der Waals surface area (Å²) in [6, 6.07) is 0. The van der Waals surface area contributed by atoms with E-state index >= 15 is 0 Å². The molecule has 4 fully saturated rings. The van der Waals surface area contributed by atoms with E-state index in [1.165, 1.54) is 0 Å². The average molecular weight is 555 g/mol. The van der Waals surface area contributed by atoms with Gasteiger partial charge in [0.25, 0.3) is 0 Å². The summed E-state index contributed by atoms with van der Waals surface area (Å²) in [5.74, 6) is -0.0205. The fraction of sp³-hybridized carbons (Fsp3) is 0.889. The molecule has 4 aliphatic rings. The molecule has 4 bridgehead atoms. The van der Waals surface area contributed by atoms with Gasteiger partial charge in [0.1, 0.15) is 7.85 Å². The zero-order valence-corrected chi connectivity index (χ0v) is 21.0. The van der Waals surface area contributed by atoms with Crippen LogP contribution < -0.4 is 10.6 Å². The number of alkyl halides is 3. The quantitative estimate of drug-likeness (QED) is 0.414. The second-order valence-electron chi connectivity index (χ2n) is 10.5. The van der Waals surface area contributed by atoms with Gasteiger partial charge in [-0.05, 0) is 63.2 Å². The van der Waals surface area contributed by atoms with E-state index in [4.69, 9.17) is 0 Å². The largest absolute Gasteiger partial charge is 0.350 e. The molecule has 26 heavy (non-hydrogen) atoms. The standard InChI is InChI=1S/C18H28BBr3N2O2/c1-13-5-14(2)7-17(6-13,23-11(25)15(3,19)20)10-18(8-13,9-14)24-12(26)16(4,21)22/h5-10,19H2,1-4H3,(H,23,25)(H,24,26). The van der Waals surface area contributed by atoms with E-state index < -0.39 is 7.46 Å². The topological polar surface area (TPSA) is 58.2 Å². The Bertz CT molecular complexity index is 588. The first-order valence-electron chi connectivity index (χ1n) is 9.22. The van der Waals surface area contributed by atoms with Crippen molar-refractivity contribution in [2.24, 2.45) is 10.8 Å². The van der Waals surface area contributed by atoms with Crippen LogP contribution in [0, 0.1) is 10.8 Å². The SMILES string of the molecule is BC(C)(Br)C(=O)NC12CC3(C)CC(C)(C1)CC(NC(=O)C(C)(Br)Br)(C3)C2. The molecule has 0 aromatic rings. The van der Waals surface area contributed by atoms with Gasteiger partial charge in [0.15, 0.2) is 3.23 Å². The summed E-state index contributed by atoms with van der Waals surface area (Å²) < 4.78 is -1.38. The Labute approximate surface area is 182 Å². The molecular formula is C18H28BBr3N2O2. The van der Waals surface area contributed by atoms with Crippen LogP contribution in [0.3, 0.4) is 0 Å². The summed E-state index contributed by atoms with van der Waals surface area (Å²) in [6.45, 7) is 8.33. The van der Waals surface area contributed by atoms with E-state index in [0.717, 1.165) is 38.5 Å². The van der Waals surface area contributed by atoms with Gasteiger partial charge < -0.3 is 10.6 Å². The normalized spacial score (nSPS) is 43.7. The van der Waals surface area contributed by atoms with Crippen molar-refractivity contribution in [3.05, 3.63) is 0 Å². The third-order valence-corrected chi connectivity index (χ3v) is 7.37. The predicted molar refractivity (Wildman–Crippen MR) is 118 cm³/mol. The molecule has 8 heteroatoms. The highest BCUT2D eigenvalue weighted by Crippen LogP contribution is 2.67. The van der Waals surface area contributed by atoms with E-state index in [-0.39, 0.29) is 33.7 Å². The summed E-state index contributed by atoms with van der Waals surface area (Å²) in [7, 11) is 1.88. The lowest BCUT2D eigenvalue weighted by Gasteiger charge is -2.69. The van der Waals surface area contributed by atoms with Crippen LogP contribution in [0.15, 0.2) is 0 Å². The van der Waals surface area contributed by atoms with Crippen LogP contribution in [0.2, 0.25) is 0 Å². The number of nitrogens with one attached hydrogen (secondary N) is 2. The molecule has 0 radical (unpaired) electrons. The second kappa shape index (κ2) is 5.98. The minimum atomic E-state index is -0.778. The lowest BCUT2D eigenvalue weighted by molar-refractivity contribution is -0.155. The lowest BCUT2D eigenvalue weighted by Crippen LogP contribution is -2.75. The van der Waals surface area contributed by atoms with Gasteiger partial charge in [0, 0.05) is 11.1 Å². The van der Waals surface area contributed by atoms with Gasteiger partial charge in [0.05, 0.1) is 4.22 Å². The molecule has 0 aliphatic heterocycles. The van der Waals surface area contributed by atoms with Crippen LogP contribution >= 0.6 is 47.8 Å². The van der Waals surface area contributed by atoms with Crippen molar-refractivity contribution in [1.29, 1.82) is 0 Å². The second-order valence-corrected chi connectivity index (χ2v) is 16.7. The minimum Gasteiger partial charge on any atom is -0.350 e. The van der Waals surface area contributed by atoms with Crippen LogP contribution in [0.4, 0.5) is 0 Å². The predicted octanol–water partition coefficient (Wildman–Crippen LogP) is 3.34. The van der Waals surface area contributed by atoms with Gasteiger partial charge >= 0.3 is 0 Å².